The highest BCUT2D eigenvalue weighted by atomic mass is 79.9. The molecule has 3 rings (SSSR count). The topological polar surface area (TPSA) is 34.1 Å². The monoisotopic (exact) mass is 412 g/mol. The average molecular weight is 413 g/mol. The van der Waals surface area contributed by atoms with E-state index >= 15 is 0 Å². The molecule has 0 heterocycles. The van der Waals surface area contributed by atoms with Crippen LogP contribution in [-0.4, -0.2) is 8.42 Å². The van der Waals surface area contributed by atoms with Crippen LogP contribution in [0.1, 0.15) is 16.7 Å². The van der Waals surface area contributed by atoms with Gasteiger partial charge in [-0.15, -0.1) is 0 Å². The van der Waals surface area contributed by atoms with Crippen molar-refractivity contribution in [2.45, 2.75) is 11.8 Å². The lowest BCUT2D eigenvalue weighted by Gasteiger charge is -2.13. The first kappa shape index (κ1) is 17.6. The highest BCUT2D eigenvalue weighted by Crippen LogP contribution is 2.36. The zero-order chi connectivity index (χ0) is 17.9. The molecule has 3 aromatic carbocycles. The number of rotatable bonds is 4. The van der Waals surface area contributed by atoms with Gasteiger partial charge in [0.25, 0.3) is 0 Å². The molecule has 0 atom stereocenters. The quantitative estimate of drug-likeness (QED) is 0.560. The molecule has 0 amide bonds. The number of hydrogen-bond acceptors (Lipinski definition) is 2. The first-order valence-electron chi connectivity index (χ1n) is 7.82. The fourth-order valence-electron chi connectivity index (χ4n) is 2.56. The van der Waals surface area contributed by atoms with Gasteiger partial charge in [0, 0.05) is 5.57 Å². The minimum absolute atomic E-state index is 0.168. The van der Waals surface area contributed by atoms with Crippen LogP contribution >= 0.6 is 15.9 Å². The van der Waals surface area contributed by atoms with E-state index in [1.807, 2.05) is 67.6 Å². The SMILES string of the molecule is Cc1ccc(S(=O)(=O)C(Br)=C(c2ccccc2)c2ccccc2)cc1. The van der Waals surface area contributed by atoms with Crippen LogP contribution in [0.4, 0.5) is 0 Å². The standard InChI is InChI=1S/C21H17BrO2S/c1-16-12-14-19(15-13-16)25(23,24)21(22)20(17-8-4-2-5-9-17)18-10-6-3-7-11-18/h2-15H,1H3. The van der Waals surface area contributed by atoms with Crippen LogP contribution in [0, 0.1) is 6.92 Å². The molecule has 0 unspecified atom stereocenters. The van der Waals surface area contributed by atoms with E-state index < -0.39 is 9.84 Å². The average Bonchev–Trinajstić information content (AvgIpc) is 2.64. The predicted molar refractivity (Wildman–Crippen MR) is 106 cm³/mol. The Balaban J connectivity index is 2.25. The van der Waals surface area contributed by atoms with Crippen LogP contribution in [0.15, 0.2) is 93.6 Å². The van der Waals surface area contributed by atoms with Gasteiger partial charge in [0.2, 0.25) is 9.84 Å². The zero-order valence-corrected chi connectivity index (χ0v) is 16.1. The van der Waals surface area contributed by atoms with Gasteiger partial charge in [-0.2, -0.15) is 0 Å². The highest BCUT2D eigenvalue weighted by Gasteiger charge is 2.24. The first-order chi connectivity index (χ1) is 12.0. The number of halogens is 1. The lowest BCUT2D eigenvalue weighted by Crippen LogP contribution is -2.04. The summed E-state index contributed by atoms with van der Waals surface area (Å²) >= 11 is 3.39. The van der Waals surface area contributed by atoms with Crippen molar-refractivity contribution in [3.63, 3.8) is 0 Å². The van der Waals surface area contributed by atoms with Crippen molar-refractivity contribution in [1.29, 1.82) is 0 Å². The van der Waals surface area contributed by atoms with Crippen molar-refractivity contribution < 1.29 is 8.42 Å². The van der Waals surface area contributed by atoms with Crippen molar-refractivity contribution in [3.05, 3.63) is 105 Å². The van der Waals surface area contributed by atoms with E-state index in [-0.39, 0.29) is 8.71 Å². The maximum absolute atomic E-state index is 13.1. The fourth-order valence-corrected chi connectivity index (χ4v) is 4.78. The Morgan fingerprint density at radius 1 is 0.720 bits per heavy atom. The fraction of sp³-hybridized carbons (Fsp3) is 0.0476. The van der Waals surface area contributed by atoms with E-state index in [4.69, 9.17) is 0 Å². The molecule has 3 aromatic rings. The molecule has 0 aliphatic heterocycles. The summed E-state index contributed by atoms with van der Waals surface area (Å²) in [5.41, 5.74) is 3.36. The second kappa shape index (κ2) is 7.38. The Morgan fingerprint density at radius 2 is 1.16 bits per heavy atom. The van der Waals surface area contributed by atoms with Crippen LogP contribution in [0.5, 0.6) is 0 Å². The number of hydrogen-bond donors (Lipinski definition) is 0. The summed E-state index contributed by atoms with van der Waals surface area (Å²) in [7, 11) is -3.65. The molecule has 0 saturated heterocycles. The molecule has 0 aromatic heterocycles. The molecule has 25 heavy (non-hydrogen) atoms. The molecule has 0 spiro atoms. The van der Waals surface area contributed by atoms with Gasteiger partial charge in [-0.1, -0.05) is 78.4 Å². The molecule has 0 saturated carbocycles. The van der Waals surface area contributed by atoms with Gasteiger partial charge in [-0.05, 0) is 46.1 Å². The largest absolute Gasteiger partial charge is 0.218 e. The summed E-state index contributed by atoms with van der Waals surface area (Å²) in [6.07, 6.45) is 0. The molecule has 0 radical (unpaired) electrons. The van der Waals surface area contributed by atoms with E-state index in [9.17, 15) is 8.42 Å². The van der Waals surface area contributed by atoms with Crippen LogP contribution in [0.25, 0.3) is 5.57 Å². The van der Waals surface area contributed by atoms with Gasteiger partial charge < -0.3 is 0 Å². The van der Waals surface area contributed by atoms with Gasteiger partial charge >= 0.3 is 0 Å². The van der Waals surface area contributed by atoms with E-state index in [1.165, 1.54) is 0 Å². The second-order valence-electron chi connectivity index (χ2n) is 5.70. The minimum Gasteiger partial charge on any atom is -0.218 e. The third-order valence-electron chi connectivity index (χ3n) is 3.89. The Hall–Kier alpha value is -2.17. The number of aryl methyl sites for hydroxylation is 1. The molecule has 0 fully saturated rings. The van der Waals surface area contributed by atoms with Crippen LogP contribution in [0.2, 0.25) is 0 Å². The Kier molecular flexibility index (Phi) is 5.21. The molecule has 2 nitrogen and oxygen atoms in total. The van der Waals surface area contributed by atoms with Crippen molar-refractivity contribution in [1.82, 2.24) is 0 Å². The second-order valence-corrected chi connectivity index (χ2v) is 8.90. The van der Waals surface area contributed by atoms with Crippen molar-refractivity contribution >= 4 is 31.3 Å². The van der Waals surface area contributed by atoms with Crippen LogP contribution < -0.4 is 0 Å². The lowest BCUT2D eigenvalue weighted by atomic mass is 10.00. The zero-order valence-electron chi connectivity index (χ0n) is 13.7. The van der Waals surface area contributed by atoms with Gasteiger partial charge in [0.05, 0.1) is 4.90 Å². The smallest absolute Gasteiger partial charge is 0.213 e. The minimum atomic E-state index is -3.65. The molecule has 4 heteroatoms. The summed E-state index contributed by atoms with van der Waals surface area (Å²) in [6, 6.07) is 25.9. The van der Waals surface area contributed by atoms with Gasteiger partial charge in [0.15, 0.2) is 0 Å². The Bertz CT molecular complexity index is 949. The van der Waals surface area contributed by atoms with Gasteiger partial charge in [-0.25, -0.2) is 8.42 Å². The predicted octanol–water partition coefficient (Wildman–Crippen LogP) is 5.58. The molecular formula is C21H17BrO2S. The Morgan fingerprint density at radius 3 is 1.60 bits per heavy atom. The van der Waals surface area contributed by atoms with E-state index in [2.05, 4.69) is 15.9 Å². The maximum atomic E-state index is 13.1. The molecule has 0 aliphatic rings. The van der Waals surface area contributed by atoms with Crippen LogP contribution in [-0.2, 0) is 9.84 Å². The highest BCUT2D eigenvalue weighted by molar-refractivity contribution is 9.13. The molecular weight excluding hydrogens is 396 g/mol. The van der Waals surface area contributed by atoms with E-state index in [0.717, 1.165) is 16.7 Å². The van der Waals surface area contributed by atoms with E-state index in [1.54, 1.807) is 24.3 Å². The summed E-state index contributed by atoms with van der Waals surface area (Å²) in [4.78, 5) is 0.273. The van der Waals surface area contributed by atoms with Crippen molar-refractivity contribution in [3.8, 4) is 0 Å². The van der Waals surface area contributed by atoms with Crippen molar-refractivity contribution in [2.24, 2.45) is 0 Å². The number of sulfone groups is 1. The normalized spacial score (nSPS) is 11.1. The summed E-state index contributed by atoms with van der Waals surface area (Å²) in [5.74, 6) is 0. The molecule has 0 aliphatic carbocycles. The molecule has 0 bridgehead atoms. The van der Waals surface area contributed by atoms with E-state index in [0.29, 0.717) is 5.57 Å². The third-order valence-corrected chi connectivity index (χ3v) is 7.13. The summed E-state index contributed by atoms with van der Waals surface area (Å²) in [6.45, 7) is 1.93. The molecule has 126 valence electrons. The Labute approximate surface area is 156 Å². The first-order valence-corrected chi connectivity index (χ1v) is 10.1. The molecule has 0 N–H and O–H groups in total. The summed E-state index contributed by atoms with van der Waals surface area (Å²) < 4.78 is 26.4. The lowest BCUT2D eigenvalue weighted by molar-refractivity contribution is 0.604. The summed E-state index contributed by atoms with van der Waals surface area (Å²) in [5, 5.41) is 0. The van der Waals surface area contributed by atoms with Crippen molar-refractivity contribution in [2.75, 3.05) is 0 Å². The van der Waals surface area contributed by atoms with Gasteiger partial charge in [0.1, 0.15) is 3.81 Å². The maximum Gasteiger partial charge on any atom is 0.213 e. The third kappa shape index (κ3) is 3.75. The van der Waals surface area contributed by atoms with Gasteiger partial charge in [-0.3, -0.25) is 0 Å². The number of benzene rings is 3. The van der Waals surface area contributed by atoms with Crippen LogP contribution in [0.3, 0.4) is 0 Å².